The van der Waals surface area contributed by atoms with Crippen molar-refractivity contribution in [3.63, 3.8) is 0 Å². The van der Waals surface area contributed by atoms with E-state index in [1.165, 1.54) is 23.5 Å². The van der Waals surface area contributed by atoms with Crippen LogP contribution < -0.4 is 5.32 Å². The summed E-state index contributed by atoms with van der Waals surface area (Å²) in [5.74, 6) is 0. The maximum absolute atomic E-state index is 10.7. The van der Waals surface area contributed by atoms with Crippen molar-refractivity contribution in [2.24, 2.45) is 0 Å². The van der Waals surface area contributed by atoms with Crippen molar-refractivity contribution in [3.8, 4) is 6.07 Å². The van der Waals surface area contributed by atoms with Crippen LogP contribution in [0.3, 0.4) is 0 Å². The van der Waals surface area contributed by atoms with Crippen LogP contribution in [0.5, 0.6) is 0 Å². The fraction of sp³-hybridized carbons (Fsp3) is 0.0909. The zero-order chi connectivity index (χ0) is 14.7. The Kier molecular flexibility index (Phi) is 4.39. The van der Waals surface area contributed by atoms with Crippen LogP contribution in [0, 0.1) is 21.4 Å². The van der Waals surface area contributed by atoms with Crippen molar-refractivity contribution in [2.75, 3.05) is 5.32 Å². The Labute approximate surface area is 127 Å². The number of hydrogen-bond donors (Lipinski definition) is 1. The minimum atomic E-state index is -0.598. The molecule has 0 aliphatic carbocycles. The molecule has 1 N–H and O–H groups in total. The maximum atomic E-state index is 10.7. The Morgan fingerprint density at radius 3 is 2.80 bits per heavy atom. The van der Waals surface area contributed by atoms with E-state index >= 15 is 0 Å². The Morgan fingerprint density at radius 2 is 2.25 bits per heavy atom. The highest BCUT2D eigenvalue weighted by molar-refractivity contribution is 7.15. The topological polar surface area (TPSA) is 91.8 Å². The molecule has 1 heterocycles. The molecule has 20 heavy (non-hydrogen) atoms. The summed E-state index contributed by atoms with van der Waals surface area (Å²) in [5.41, 5.74) is 0.238. The summed E-state index contributed by atoms with van der Waals surface area (Å²) in [5, 5.41) is 22.8. The number of nitriles is 1. The number of benzene rings is 1. The Morgan fingerprint density at radius 1 is 1.50 bits per heavy atom. The van der Waals surface area contributed by atoms with Crippen LogP contribution in [0.15, 0.2) is 18.3 Å². The normalized spacial score (nSPS) is 10.1. The van der Waals surface area contributed by atoms with Crippen LogP contribution in [0.25, 0.3) is 0 Å². The molecule has 9 heteroatoms. The van der Waals surface area contributed by atoms with Gasteiger partial charge in [-0.1, -0.05) is 23.2 Å². The van der Waals surface area contributed by atoms with Crippen molar-refractivity contribution < 1.29 is 4.92 Å². The number of non-ortho nitro benzene ring substituents is 1. The molecule has 0 saturated heterocycles. The molecule has 0 radical (unpaired) electrons. The van der Waals surface area contributed by atoms with E-state index < -0.39 is 4.92 Å². The number of thiazole rings is 1. The first-order valence-electron chi connectivity index (χ1n) is 5.23. The number of halogens is 2. The van der Waals surface area contributed by atoms with Crippen LogP contribution in [-0.4, -0.2) is 9.91 Å². The molecule has 0 unspecified atom stereocenters. The van der Waals surface area contributed by atoms with E-state index in [1.807, 2.05) is 6.07 Å². The molecule has 102 valence electrons. The van der Waals surface area contributed by atoms with E-state index in [4.69, 9.17) is 28.5 Å². The maximum Gasteiger partial charge on any atom is 0.272 e. The van der Waals surface area contributed by atoms with Crippen LogP contribution in [0.4, 0.5) is 11.4 Å². The highest BCUT2D eigenvalue weighted by Crippen LogP contribution is 2.31. The molecule has 0 atom stereocenters. The van der Waals surface area contributed by atoms with E-state index in [-0.39, 0.29) is 16.3 Å². The predicted octanol–water partition coefficient (Wildman–Crippen LogP) is 3.84. The quantitative estimate of drug-likeness (QED) is 0.679. The Hall–Kier alpha value is -1.88. The first-order valence-corrected chi connectivity index (χ1v) is 6.80. The van der Waals surface area contributed by atoms with Crippen molar-refractivity contribution in [2.45, 2.75) is 6.54 Å². The van der Waals surface area contributed by atoms with Gasteiger partial charge < -0.3 is 5.32 Å². The zero-order valence-electron chi connectivity index (χ0n) is 9.76. The van der Waals surface area contributed by atoms with Gasteiger partial charge >= 0.3 is 0 Å². The highest BCUT2D eigenvalue weighted by Gasteiger charge is 2.15. The Bertz CT molecular complexity index is 711. The van der Waals surface area contributed by atoms with Gasteiger partial charge in [0.15, 0.2) is 4.47 Å². The molecule has 2 aromatic rings. The molecule has 0 saturated carbocycles. The summed E-state index contributed by atoms with van der Waals surface area (Å²) in [6.07, 6.45) is 1.60. The Balaban J connectivity index is 2.27. The van der Waals surface area contributed by atoms with Crippen molar-refractivity contribution in [1.82, 2.24) is 4.98 Å². The summed E-state index contributed by atoms with van der Waals surface area (Å²) < 4.78 is 0.414. The lowest BCUT2D eigenvalue weighted by Gasteiger charge is -2.08. The molecule has 0 aliphatic heterocycles. The number of rotatable bonds is 4. The van der Waals surface area contributed by atoms with Gasteiger partial charge in [0.05, 0.1) is 27.7 Å². The minimum absolute atomic E-state index is 0.111. The van der Waals surface area contributed by atoms with E-state index in [0.717, 1.165) is 4.88 Å². The fourth-order valence-electron chi connectivity index (χ4n) is 1.51. The minimum Gasteiger partial charge on any atom is -0.378 e. The average molecular weight is 329 g/mol. The number of anilines is 1. The van der Waals surface area contributed by atoms with Crippen molar-refractivity contribution in [1.29, 1.82) is 5.26 Å². The first kappa shape index (κ1) is 14.5. The first-order chi connectivity index (χ1) is 9.51. The molecule has 0 bridgehead atoms. The molecule has 0 aliphatic rings. The van der Waals surface area contributed by atoms with Crippen LogP contribution in [0.2, 0.25) is 9.49 Å². The average Bonchev–Trinajstić information content (AvgIpc) is 2.82. The van der Waals surface area contributed by atoms with E-state index in [1.54, 1.807) is 6.20 Å². The number of nitro benzene ring substituents is 1. The zero-order valence-corrected chi connectivity index (χ0v) is 12.1. The van der Waals surface area contributed by atoms with E-state index in [2.05, 4.69) is 10.3 Å². The monoisotopic (exact) mass is 328 g/mol. The van der Waals surface area contributed by atoms with Gasteiger partial charge in [-0.05, 0) is 0 Å². The lowest BCUT2D eigenvalue weighted by Crippen LogP contribution is -2.01. The third kappa shape index (κ3) is 3.17. The molecule has 2 rings (SSSR count). The fourth-order valence-corrected chi connectivity index (χ4v) is 2.70. The molecular weight excluding hydrogens is 323 g/mol. The van der Waals surface area contributed by atoms with Crippen LogP contribution in [0.1, 0.15) is 10.4 Å². The highest BCUT2D eigenvalue weighted by atomic mass is 35.5. The summed E-state index contributed by atoms with van der Waals surface area (Å²) in [4.78, 5) is 14.9. The molecule has 0 amide bonds. The molecular formula is C11H6Cl2N4O2S. The molecule has 0 spiro atoms. The van der Waals surface area contributed by atoms with Crippen LogP contribution in [-0.2, 0) is 6.54 Å². The molecule has 1 aromatic heterocycles. The van der Waals surface area contributed by atoms with Gasteiger partial charge in [-0.3, -0.25) is 10.1 Å². The molecule has 1 aromatic carbocycles. The second-order valence-corrected chi connectivity index (χ2v) is 5.76. The number of nitrogens with one attached hydrogen (secondary N) is 1. The second-order valence-electron chi connectivity index (χ2n) is 3.65. The second kappa shape index (κ2) is 6.05. The summed E-state index contributed by atoms with van der Waals surface area (Å²) in [7, 11) is 0. The molecule has 6 nitrogen and oxygen atoms in total. The van der Waals surface area contributed by atoms with Gasteiger partial charge in [0.1, 0.15) is 6.07 Å². The van der Waals surface area contributed by atoms with Crippen LogP contribution >= 0.6 is 34.5 Å². The van der Waals surface area contributed by atoms with Gasteiger partial charge in [0, 0.05) is 23.2 Å². The van der Waals surface area contributed by atoms with Gasteiger partial charge in [-0.25, -0.2) is 4.98 Å². The standard InChI is InChI=1S/C11H6Cl2N4O2S/c12-9-2-7(17(18)19)1-6(3-14)10(9)15-4-8-5-16-11(13)20-8/h1-2,5,15H,4H2. The van der Waals surface area contributed by atoms with Gasteiger partial charge in [-0.2, -0.15) is 5.26 Å². The predicted molar refractivity (Wildman–Crippen MR) is 77.3 cm³/mol. The van der Waals surface area contributed by atoms with E-state index in [9.17, 15) is 10.1 Å². The van der Waals surface area contributed by atoms with Crippen molar-refractivity contribution in [3.05, 3.63) is 48.4 Å². The number of nitrogens with zero attached hydrogens (tertiary/aromatic N) is 3. The number of hydrogen-bond acceptors (Lipinski definition) is 6. The van der Waals surface area contributed by atoms with Gasteiger partial charge in [0.25, 0.3) is 5.69 Å². The number of aromatic nitrogens is 1. The summed E-state index contributed by atoms with van der Waals surface area (Å²) in [6.45, 7) is 0.372. The van der Waals surface area contributed by atoms with Crippen molar-refractivity contribution >= 4 is 45.9 Å². The van der Waals surface area contributed by atoms with Gasteiger partial charge in [-0.15, -0.1) is 11.3 Å². The lowest BCUT2D eigenvalue weighted by molar-refractivity contribution is -0.384. The summed E-state index contributed by atoms with van der Waals surface area (Å²) in [6, 6.07) is 4.26. The smallest absolute Gasteiger partial charge is 0.272 e. The summed E-state index contributed by atoms with van der Waals surface area (Å²) >= 11 is 13.0. The third-order valence-electron chi connectivity index (χ3n) is 2.37. The molecule has 0 fully saturated rings. The SMILES string of the molecule is N#Cc1cc([N+](=O)[O-])cc(Cl)c1NCc1cnc(Cl)s1. The lowest BCUT2D eigenvalue weighted by atomic mass is 10.1. The number of nitro groups is 1. The third-order valence-corrected chi connectivity index (χ3v) is 3.78. The van der Waals surface area contributed by atoms with E-state index in [0.29, 0.717) is 16.7 Å². The van der Waals surface area contributed by atoms with Gasteiger partial charge in [0.2, 0.25) is 0 Å². The largest absolute Gasteiger partial charge is 0.378 e.